The van der Waals surface area contributed by atoms with Crippen LogP contribution in [-0.2, 0) is 10.8 Å². The van der Waals surface area contributed by atoms with Gasteiger partial charge in [-0.3, -0.25) is 0 Å². The van der Waals surface area contributed by atoms with Crippen LogP contribution in [0.25, 0.3) is 86.2 Å². The van der Waals surface area contributed by atoms with E-state index in [1.807, 2.05) is 11.3 Å². The van der Waals surface area contributed by atoms with E-state index in [0.717, 1.165) is 0 Å². The highest BCUT2D eigenvalue weighted by atomic mass is 32.1. The zero-order chi connectivity index (χ0) is 36.5. The molecule has 0 radical (unpaired) electrons. The molecule has 0 aliphatic heterocycles. The molecule has 53 heavy (non-hydrogen) atoms. The highest BCUT2D eigenvalue weighted by molar-refractivity contribution is 7.26. The Labute approximate surface area is 317 Å². The van der Waals surface area contributed by atoms with Crippen molar-refractivity contribution >= 4 is 53.1 Å². The van der Waals surface area contributed by atoms with Crippen LogP contribution in [0.15, 0.2) is 158 Å². The number of hydrogen-bond acceptors (Lipinski definition) is 1. The minimum atomic E-state index is 0.0000612. The van der Waals surface area contributed by atoms with Crippen LogP contribution >= 0.6 is 11.3 Å². The summed E-state index contributed by atoms with van der Waals surface area (Å²) in [7, 11) is 0. The fourth-order valence-corrected chi connectivity index (χ4v) is 10.0. The van der Waals surface area contributed by atoms with Crippen LogP contribution < -0.4 is 0 Å². The van der Waals surface area contributed by atoms with Crippen molar-refractivity contribution in [2.45, 2.75) is 52.4 Å². The second-order valence-corrected chi connectivity index (χ2v) is 17.6. The van der Waals surface area contributed by atoms with E-state index in [0.29, 0.717) is 0 Å². The van der Waals surface area contributed by atoms with Gasteiger partial charge in [0.25, 0.3) is 0 Å². The van der Waals surface area contributed by atoms with Gasteiger partial charge in [0.2, 0.25) is 0 Å². The predicted molar refractivity (Wildman–Crippen MR) is 233 cm³/mol. The Morgan fingerprint density at radius 1 is 0.302 bits per heavy atom. The van der Waals surface area contributed by atoms with Crippen molar-refractivity contribution in [3.8, 4) is 44.5 Å². The van der Waals surface area contributed by atoms with Crippen molar-refractivity contribution < 1.29 is 0 Å². The summed E-state index contributed by atoms with van der Waals surface area (Å²) in [5, 5.41) is 7.82. The lowest BCUT2D eigenvalue weighted by atomic mass is 9.83. The SMILES string of the molecule is CC(C)(C)c1cccc2c1sc1c(C(C)(C)C)cc(-c3cccc(-c4ccc5c(-c6ccccc6)c6ccccc6c(-c6ccccc6)c5c4)c3)cc12. The Morgan fingerprint density at radius 3 is 1.38 bits per heavy atom. The molecule has 0 amide bonds. The van der Waals surface area contributed by atoms with Gasteiger partial charge >= 0.3 is 0 Å². The van der Waals surface area contributed by atoms with Crippen molar-refractivity contribution in [1.29, 1.82) is 0 Å². The third-order valence-corrected chi connectivity index (χ3v) is 12.2. The maximum Gasteiger partial charge on any atom is 0.0393 e. The van der Waals surface area contributed by atoms with Gasteiger partial charge in [0, 0.05) is 20.2 Å². The average molecular weight is 701 g/mol. The van der Waals surface area contributed by atoms with Crippen molar-refractivity contribution in [2.75, 3.05) is 0 Å². The van der Waals surface area contributed by atoms with Gasteiger partial charge in [-0.05, 0) is 112 Å². The molecule has 0 fully saturated rings. The number of thiophene rings is 1. The first-order chi connectivity index (χ1) is 25.6. The van der Waals surface area contributed by atoms with Gasteiger partial charge in [-0.15, -0.1) is 11.3 Å². The molecule has 0 spiro atoms. The summed E-state index contributed by atoms with van der Waals surface area (Å²) in [5.41, 5.74) is 12.9. The van der Waals surface area contributed by atoms with Crippen molar-refractivity contribution in [3.05, 3.63) is 169 Å². The van der Waals surface area contributed by atoms with E-state index in [9.17, 15) is 0 Å². The number of rotatable bonds is 4. The quantitative estimate of drug-likeness (QED) is 0.160. The predicted octanol–water partition coefficient (Wildman–Crippen LogP) is 15.6. The van der Waals surface area contributed by atoms with Crippen LogP contribution in [0, 0.1) is 0 Å². The highest BCUT2D eigenvalue weighted by Gasteiger charge is 2.25. The fourth-order valence-electron chi connectivity index (χ4n) is 8.28. The lowest BCUT2D eigenvalue weighted by Crippen LogP contribution is -2.11. The van der Waals surface area contributed by atoms with Gasteiger partial charge < -0.3 is 0 Å². The van der Waals surface area contributed by atoms with E-state index in [1.54, 1.807) is 0 Å². The summed E-state index contributed by atoms with van der Waals surface area (Å²) in [6.45, 7) is 14.0. The third-order valence-electron chi connectivity index (χ3n) is 10.9. The average Bonchev–Trinajstić information content (AvgIpc) is 3.55. The summed E-state index contributed by atoms with van der Waals surface area (Å²) in [5.74, 6) is 0. The molecule has 9 aromatic rings. The summed E-state index contributed by atoms with van der Waals surface area (Å²) >= 11 is 1.97. The van der Waals surface area contributed by atoms with E-state index in [-0.39, 0.29) is 10.8 Å². The molecule has 0 nitrogen and oxygen atoms in total. The molecule has 0 N–H and O–H groups in total. The fraction of sp³-hybridized carbons (Fsp3) is 0.154. The molecular formula is C52H44S. The molecule has 0 unspecified atom stereocenters. The second-order valence-electron chi connectivity index (χ2n) is 16.6. The molecule has 0 saturated carbocycles. The molecule has 1 aromatic heterocycles. The molecule has 1 heteroatoms. The molecule has 0 saturated heterocycles. The lowest BCUT2D eigenvalue weighted by molar-refractivity contribution is 0.597. The van der Waals surface area contributed by atoms with Crippen LogP contribution in [0.5, 0.6) is 0 Å². The largest absolute Gasteiger partial charge is 0.135 e. The van der Waals surface area contributed by atoms with E-state index in [2.05, 4.69) is 199 Å². The first-order valence-corrected chi connectivity index (χ1v) is 19.6. The van der Waals surface area contributed by atoms with Gasteiger partial charge in [0.05, 0.1) is 0 Å². The second kappa shape index (κ2) is 12.6. The zero-order valence-corrected chi connectivity index (χ0v) is 32.2. The summed E-state index contributed by atoms with van der Waals surface area (Å²) in [6, 6.07) is 58.8. The smallest absolute Gasteiger partial charge is 0.0393 e. The Kier molecular flexibility index (Phi) is 7.91. The minimum absolute atomic E-state index is 0.0000612. The number of benzene rings is 8. The summed E-state index contributed by atoms with van der Waals surface area (Å²) in [6.07, 6.45) is 0. The number of fused-ring (bicyclic) bond motifs is 5. The Morgan fingerprint density at radius 2 is 0.755 bits per heavy atom. The Balaban J connectivity index is 1.27. The molecule has 0 aliphatic carbocycles. The van der Waals surface area contributed by atoms with Crippen molar-refractivity contribution in [3.63, 3.8) is 0 Å². The molecule has 0 atom stereocenters. The zero-order valence-electron chi connectivity index (χ0n) is 31.4. The minimum Gasteiger partial charge on any atom is -0.135 e. The van der Waals surface area contributed by atoms with E-state index < -0.39 is 0 Å². The van der Waals surface area contributed by atoms with Gasteiger partial charge in [0.15, 0.2) is 0 Å². The monoisotopic (exact) mass is 700 g/mol. The molecule has 9 rings (SSSR count). The van der Waals surface area contributed by atoms with Gasteiger partial charge in [-0.25, -0.2) is 0 Å². The van der Waals surface area contributed by atoms with Gasteiger partial charge in [0.1, 0.15) is 0 Å². The number of hydrogen-bond donors (Lipinski definition) is 0. The first kappa shape index (κ1) is 33.3. The molecule has 8 aromatic carbocycles. The van der Waals surface area contributed by atoms with Crippen molar-refractivity contribution in [1.82, 2.24) is 0 Å². The van der Waals surface area contributed by atoms with Crippen LogP contribution in [-0.4, -0.2) is 0 Å². The van der Waals surface area contributed by atoms with Gasteiger partial charge in [-0.2, -0.15) is 0 Å². The van der Waals surface area contributed by atoms with Crippen LogP contribution in [0.4, 0.5) is 0 Å². The normalized spacial score (nSPS) is 12.3. The van der Waals surface area contributed by atoms with E-state index in [4.69, 9.17) is 0 Å². The summed E-state index contributed by atoms with van der Waals surface area (Å²) < 4.78 is 2.83. The van der Waals surface area contributed by atoms with Crippen molar-refractivity contribution in [2.24, 2.45) is 0 Å². The maximum absolute atomic E-state index is 2.46. The van der Waals surface area contributed by atoms with Gasteiger partial charge in [-0.1, -0.05) is 175 Å². The highest BCUT2D eigenvalue weighted by Crippen LogP contribution is 2.47. The van der Waals surface area contributed by atoms with Crippen LogP contribution in [0.1, 0.15) is 52.7 Å². The molecule has 258 valence electrons. The molecule has 0 bridgehead atoms. The van der Waals surface area contributed by atoms with Crippen LogP contribution in [0.3, 0.4) is 0 Å². The molecule has 0 aliphatic rings. The molecular weight excluding hydrogens is 657 g/mol. The lowest BCUT2D eigenvalue weighted by Gasteiger charge is -2.21. The van der Waals surface area contributed by atoms with E-state index >= 15 is 0 Å². The topological polar surface area (TPSA) is 0 Å². The third kappa shape index (κ3) is 5.75. The molecule has 1 heterocycles. The van der Waals surface area contributed by atoms with E-state index in [1.165, 1.54) is 97.4 Å². The van der Waals surface area contributed by atoms with Crippen LogP contribution in [0.2, 0.25) is 0 Å². The Bertz CT molecular complexity index is 2820. The standard InChI is InChI=1S/C52H44S/c1-51(2,3)45-26-16-25-42-44-31-38(32-46(52(4,5)6)50(44)53-49(42)45)36-22-15-21-35(29-36)37-27-28-41-43(30-37)48(34-19-11-8-12-20-34)40-24-14-13-23-39(40)47(41)33-17-9-7-10-18-33/h7-32H,1-6H3. The maximum atomic E-state index is 2.46. The summed E-state index contributed by atoms with van der Waals surface area (Å²) in [4.78, 5) is 0. The first-order valence-electron chi connectivity index (χ1n) is 18.8. The Hall–Kier alpha value is -5.50.